The SMILES string of the molecule is CC(C)NS(=O)(=O)c1ccccc1NCC(C)(C)CCO. The van der Waals surface area contributed by atoms with Crippen molar-refractivity contribution < 1.29 is 13.5 Å². The number of aliphatic hydroxyl groups is 1. The quantitative estimate of drug-likeness (QED) is 0.687. The molecule has 1 aromatic carbocycles. The lowest BCUT2D eigenvalue weighted by atomic mass is 9.90. The van der Waals surface area contributed by atoms with Crippen molar-refractivity contribution >= 4 is 15.7 Å². The predicted molar refractivity (Wildman–Crippen MR) is 85.9 cm³/mol. The summed E-state index contributed by atoms with van der Waals surface area (Å²) in [6.45, 7) is 8.33. The molecule has 0 radical (unpaired) electrons. The third-order valence-corrected chi connectivity index (χ3v) is 4.83. The van der Waals surface area contributed by atoms with E-state index in [0.29, 0.717) is 18.7 Å². The summed E-state index contributed by atoms with van der Waals surface area (Å²) in [7, 11) is -3.53. The monoisotopic (exact) mass is 314 g/mol. The Labute approximate surface area is 127 Å². The van der Waals surface area contributed by atoms with Crippen LogP contribution in [0.15, 0.2) is 29.2 Å². The van der Waals surface area contributed by atoms with Gasteiger partial charge in [0, 0.05) is 19.2 Å². The molecule has 0 heterocycles. The molecule has 0 bridgehead atoms. The predicted octanol–water partition coefficient (Wildman–Crippen LogP) is 2.19. The van der Waals surface area contributed by atoms with Crippen LogP contribution in [0.3, 0.4) is 0 Å². The highest BCUT2D eigenvalue weighted by Gasteiger charge is 2.21. The third kappa shape index (κ3) is 5.65. The standard InChI is InChI=1S/C15H26N2O3S/c1-12(2)17-21(19,20)14-8-6-5-7-13(14)16-11-15(3,4)9-10-18/h5-8,12,16-18H,9-11H2,1-4H3. The highest BCUT2D eigenvalue weighted by atomic mass is 32.2. The van der Waals surface area contributed by atoms with E-state index < -0.39 is 10.0 Å². The summed E-state index contributed by atoms with van der Waals surface area (Å²) in [6, 6.07) is 6.69. The van der Waals surface area contributed by atoms with Gasteiger partial charge in [-0.25, -0.2) is 13.1 Å². The van der Waals surface area contributed by atoms with E-state index in [0.717, 1.165) is 0 Å². The van der Waals surface area contributed by atoms with Gasteiger partial charge in [0.2, 0.25) is 10.0 Å². The Morgan fingerprint density at radius 3 is 2.43 bits per heavy atom. The van der Waals surface area contributed by atoms with Crippen LogP contribution in [0.4, 0.5) is 5.69 Å². The molecule has 0 spiro atoms. The number of sulfonamides is 1. The van der Waals surface area contributed by atoms with Crippen LogP contribution in [0.1, 0.15) is 34.1 Å². The number of para-hydroxylation sites is 1. The lowest BCUT2D eigenvalue weighted by molar-refractivity contribution is 0.220. The van der Waals surface area contributed by atoms with Crippen LogP contribution in [-0.4, -0.2) is 32.7 Å². The second kappa shape index (κ2) is 7.24. The number of hydrogen-bond donors (Lipinski definition) is 3. The van der Waals surface area contributed by atoms with Crippen molar-refractivity contribution in [2.24, 2.45) is 5.41 Å². The van der Waals surface area contributed by atoms with Gasteiger partial charge in [0.25, 0.3) is 0 Å². The van der Waals surface area contributed by atoms with Crippen molar-refractivity contribution in [2.45, 2.75) is 45.1 Å². The Balaban J connectivity index is 2.95. The van der Waals surface area contributed by atoms with E-state index in [9.17, 15) is 8.42 Å². The molecule has 5 nitrogen and oxygen atoms in total. The zero-order chi connectivity index (χ0) is 16.1. The number of benzene rings is 1. The topological polar surface area (TPSA) is 78.4 Å². The molecule has 0 fully saturated rings. The fourth-order valence-corrected chi connectivity index (χ4v) is 3.38. The number of anilines is 1. The first-order chi connectivity index (χ1) is 9.68. The van der Waals surface area contributed by atoms with Crippen LogP contribution < -0.4 is 10.0 Å². The molecule has 3 N–H and O–H groups in total. The summed E-state index contributed by atoms with van der Waals surface area (Å²) in [5, 5.41) is 12.2. The minimum absolute atomic E-state index is 0.114. The van der Waals surface area contributed by atoms with Crippen LogP contribution in [0, 0.1) is 5.41 Å². The molecule has 0 aliphatic carbocycles. The number of rotatable bonds is 8. The van der Waals surface area contributed by atoms with E-state index >= 15 is 0 Å². The van der Waals surface area contributed by atoms with Gasteiger partial charge in [-0.1, -0.05) is 26.0 Å². The van der Waals surface area contributed by atoms with Crippen molar-refractivity contribution in [3.63, 3.8) is 0 Å². The van der Waals surface area contributed by atoms with Crippen molar-refractivity contribution in [2.75, 3.05) is 18.5 Å². The van der Waals surface area contributed by atoms with Crippen molar-refractivity contribution in [3.05, 3.63) is 24.3 Å². The Morgan fingerprint density at radius 2 is 1.86 bits per heavy atom. The first-order valence-electron chi connectivity index (χ1n) is 7.14. The Bertz CT molecular complexity index is 554. The Morgan fingerprint density at radius 1 is 1.24 bits per heavy atom. The molecule has 1 aromatic rings. The van der Waals surface area contributed by atoms with Gasteiger partial charge in [-0.2, -0.15) is 0 Å². The molecule has 0 atom stereocenters. The lowest BCUT2D eigenvalue weighted by Gasteiger charge is -2.25. The van der Waals surface area contributed by atoms with Crippen LogP contribution in [0.2, 0.25) is 0 Å². The minimum atomic E-state index is -3.53. The largest absolute Gasteiger partial charge is 0.396 e. The van der Waals surface area contributed by atoms with Gasteiger partial charge in [0.1, 0.15) is 4.90 Å². The zero-order valence-corrected chi connectivity index (χ0v) is 14.0. The maximum absolute atomic E-state index is 12.3. The fourth-order valence-electron chi connectivity index (χ4n) is 1.95. The summed E-state index contributed by atoms with van der Waals surface area (Å²) in [5.41, 5.74) is 0.466. The summed E-state index contributed by atoms with van der Waals surface area (Å²) in [5.74, 6) is 0. The van der Waals surface area contributed by atoms with Crippen LogP contribution in [-0.2, 0) is 10.0 Å². The molecule has 0 saturated carbocycles. The smallest absolute Gasteiger partial charge is 0.242 e. The molecular weight excluding hydrogens is 288 g/mol. The molecule has 120 valence electrons. The normalized spacial score (nSPS) is 12.7. The molecular formula is C15H26N2O3S. The first kappa shape index (κ1) is 17.9. The second-order valence-electron chi connectivity index (χ2n) is 6.26. The molecule has 0 aliphatic heterocycles. The summed E-state index contributed by atoms with van der Waals surface area (Å²) in [4.78, 5) is 0.249. The van der Waals surface area contributed by atoms with E-state index in [1.807, 2.05) is 13.8 Å². The maximum Gasteiger partial charge on any atom is 0.242 e. The third-order valence-electron chi connectivity index (χ3n) is 3.11. The van der Waals surface area contributed by atoms with Gasteiger partial charge in [0.05, 0.1) is 5.69 Å². The van der Waals surface area contributed by atoms with Crippen LogP contribution in [0.25, 0.3) is 0 Å². The lowest BCUT2D eigenvalue weighted by Crippen LogP contribution is -2.31. The Hall–Kier alpha value is -1.11. The number of hydrogen-bond acceptors (Lipinski definition) is 4. The molecule has 0 aromatic heterocycles. The average molecular weight is 314 g/mol. The maximum atomic E-state index is 12.3. The van der Waals surface area contributed by atoms with Gasteiger partial charge in [0.15, 0.2) is 0 Å². The van der Waals surface area contributed by atoms with E-state index in [-0.39, 0.29) is 23.0 Å². The van der Waals surface area contributed by atoms with Crippen LogP contribution in [0.5, 0.6) is 0 Å². The number of nitrogens with one attached hydrogen (secondary N) is 2. The van der Waals surface area contributed by atoms with Gasteiger partial charge in [-0.05, 0) is 37.8 Å². The molecule has 21 heavy (non-hydrogen) atoms. The van der Waals surface area contributed by atoms with Crippen molar-refractivity contribution in [1.82, 2.24) is 4.72 Å². The molecule has 0 unspecified atom stereocenters. The first-order valence-corrected chi connectivity index (χ1v) is 8.62. The van der Waals surface area contributed by atoms with E-state index in [2.05, 4.69) is 10.0 Å². The van der Waals surface area contributed by atoms with Crippen molar-refractivity contribution in [3.8, 4) is 0 Å². The van der Waals surface area contributed by atoms with Crippen molar-refractivity contribution in [1.29, 1.82) is 0 Å². The molecule has 0 aliphatic rings. The second-order valence-corrected chi connectivity index (χ2v) is 7.95. The van der Waals surface area contributed by atoms with Crippen LogP contribution >= 0.6 is 0 Å². The van der Waals surface area contributed by atoms with Gasteiger partial charge in [-0.3, -0.25) is 0 Å². The van der Waals surface area contributed by atoms with E-state index in [1.54, 1.807) is 38.1 Å². The average Bonchev–Trinajstić information content (AvgIpc) is 2.35. The Kier molecular flexibility index (Phi) is 6.19. The molecule has 0 amide bonds. The van der Waals surface area contributed by atoms with Gasteiger partial charge < -0.3 is 10.4 Å². The van der Waals surface area contributed by atoms with E-state index in [4.69, 9.17) is 5.11 Å². The summed E-state index contributed by atoms with van der Waals surface area (Å²) < 4.78 is 27.2. The zero-order valence-electron chi connectivity index (χ0n) is 13.2. The highest BCUT2D eigenvalue weighted by Crippen LogP contribution is 2.25. The van der Waals surface area contributed by atoms with E-state index in [1.165, 1.54) is 0 Å². The fraction of sp³-hybridized carbons (Fsp3) is 0.600. The number of aliphatic hydroxyl groups excluding tert-OH is 1. The van der Waals surface area contributed by atoms with Gasteiger partial charge >= 0.3 is 0 Å². The molecule has 6 heteroatoms. The highest BCUT2D eigenvalue weighted by molar-refractivity contribution is 7.89. The summed E-state index contributed by atoms with van der Waals surface area (Å²) >= 11 is 0. The molecule has 0 saturated heterocycles. The summed E-state index contributed by atoms with van der Waals surface area (Å²) in [6.07, 6.45) is 0.652. The minimum Gasteiger partial charge on any atom is -0.396 e. The molecule has 1 rings (SSSR count). The van der Waals surface area contributed by atoms with Gasteiger partial charge in [-0.15, -0.1) is 0 Å².